The summed E-state index contributed by atoms with van der Waals surface area (Å²) in [4.78, 5) is 46.4. The van der Waals surface area contributed by atoms with Crippen molar-refractivity contribution in [3.8, 4) is 5.75 Å². The molecule has 0 aliphatic rings. The first-order chi connectivity index (χ1) is 34.3. The molecule has 1 amide bonds. The van der Waals surface area contributed by atoms with Crippen LogP contribution in [0.3, 0.4) is 0 Å². The molecule has 0 atom stereocenters. The van der Waals surface area contributed by atoms with Gasteiger partial charge in [0.1, 0.15) is 5.75 Å². The molecule has 0 aliphatic heterocycles. The van der Waals surface area contributed by atoms with Crippen LogP contribution in [0.1, 0.15) is 215 Å². The number of amides is 1. The van der Waals surface area contributed by atoms with Crippen molar-refractivity contribution in [2.45, 2.75) is 284 Å². The summed E-state index contributed by atoms with van der Waals surface area (Å²) < 4.78 is 36.0. The molecule has 12 nitrogen and oxygen atoms in total. The van der Waals surface area contributed by atoms with Crippen molar-refractivity contribution >= 4 is 35.8 Å². The summed E-state index contributed by atoms with van der Waals surface area (Å²) >= 11 is 1.82. The number of hydrogen-bond acceptors (Lipinski definition) is 12. The van der Waals surface area contributed by atoms with Crippen molar-refractivity contribution in [1.82, 2.24) is 5.32 Å². The van der Waals surface area contributed by atoms with Gasteiger partial charge in [0.05, 0.1) is 61.9 Å². The van der Waals surface area contributed by atoms with E-state index in [1.165, 1.54) is 21.6 Å². The molecule has 0 saturated heterocycles. The Morgan fingerprint density at radius 2 is 1.07 bits per heavy atom. The number of carbonyl (C=O) groups is 4. The third kappa shape index (κ3) is 51.8. The lowest BCUT2D eigenvalue weighted by atomic mass is 9.78. The van der Waals surface area contributed by atoms with E-state index in [0.29, 0.717) is 48.7 Å². The van der Waals surface area contributed by atoms with Crippen molar-refractivity contribution in [1.29, 1.82) is 0 Å². The van der Waals surface area contributed by atoms with Crippen molar-refractivity contribution in [3.63, 3.8) is 0 Å². The van der Waals surface area contributed by atoms with Crippen molar-refractivity contribution in [3.05, 3.63) is 70.3 Å². The average Bonchev–Trinajstić information content (AvgIpc) is 3.16. The van der Waals surface area contributed by atoms with Crippen molar-refractivity contribution in [2.24, 2.45) is 5.92 Å². The maximum absolute atomic E-state index is 12.2. The molecule has 436 valence electrons. The molecule has 2 aromatic rings. The summed E-state index contributed by atoms with van der Waals surface area (Å²) in [6.07, 6.45) is 3.79. The number of ether oxygens (including phenoxy) is 7. The van der Waals surface area contributed by atoms with Gasteiger partial charge in [0, 0.05) is 40.0 Å². The molecule has 75 heavy (non-hydrogen) atoms. The van der Waals surface area contributed by atoms with Gasteiger partial charge < -0.3 is 38.5 Å². The smallest absolute Gasteiger partial charge is 0.491 e. The average molecular weight is 1080 g/mol. The van der Waals surface area contributed by atoms with Gasteiger partial charge in [0.15, 0.2) is 0 Å². The minimum absolute atomic E-state index is 0.0197. The van der Waals surface area contributed by atoms with Crippen LogP contribution < -0.4 is 10.1 Å². The number of thioether (sulfide) groups is 1. The summed E-state index contributed by atoms with van der Waals surface area (Å²) in [5.41, 5.74) is 5.53. The van der Waals surface area contributed by atoms with Gasteiger partial charge in [0.25, 0.3) is 0 Å². The molecule has 1 N–H and O–H groups in total. The summed E-state index contributed by atoms with van der Waals surface area (Å²) in [5, 5.41) is 3.56. The summed E-state index contributed by atoms with van der Waals surface area (Å²) in [6, 6.07) is 12.5. The summed E-state index contributed by atoms with van der Waals surface area (Å²) in [6.45, 7) is 56.4. The monoisotopic (exact) mass is 1080 g/mol. The van der Waals surface area contributed by atoms with Gasteiger partial charge in [-0.25, -0.2) is 4.79 Å². The Morgan fingerprint density at radius 1 is 0.600 bits per heavy atom. The second kappa shape index (κ2) is 43.0. The highest BCUT2D eigenvalue weighted by Gasteiger charge is 2.30. The Hall–Kier alpha value is -4.07. The SMILES string of the molecule is CC(C)=CCOC(C)C.CC(C)CC(=O)OC(C)C.CC(C)OC(=O)Cc1ccc(SC(C)C)cc1.CC(C)OC(=O)OC(C)C.CC(C)OC(C)C.Cc1cc(C)c(C(C)(C)CC(=O)NC(C)C)c(OC(C)C)c1. The number of esters is 2. The fourth-order valence-electron chi connectivity index (χ4n) is 6.44. The van der Waals surface area contributed by atoms with Gasteiger partial charge in [-0.1, -0.05) is 71.4 Å². The third-order valence-electron chi connectivity index (χ3n) is 8.62. The minimum Gasteiger partial charge on any atom is -0.491 e. The molecule has 0 aromatic heterocycles. The molecule has 2 rings (SSSR count). The van der Waals surface area contributed by atoms with Crippen LogP contribution in [0.15, 0.2) is 52.9 Å². The number of nitrogens with one attached hydrogen (secondary N) is 1. The van der Waals surface area contributed by atoms with E-state index in [9.17, 15) is 19.2 Å². The number of carbonyl (C=O) groups excluding carboxylic acids is 4. The Labute approximate surface area is 463 Å². The first-order valence-corrected chi connectivity index (χ1v) is 28.2. The molecule has 0 bridgehead atoms. The van der Waals surface area contributed by atoms with E-state index in [4.69, 9.17) is 33.2 Å². The van der Waals surface area contributed by atoms with E-state index in [0.717, 1.165) is 23.5 Å². The second-order valence-electron chi connectivity index (χ2n) is 22.5. The fraction of sp³-hybridized carbons (Fsp3) is 0.710. The van der Waals surface area contributed by atoms with Crippen LogP contribution in [0.2, 0.25) is 0 Å². The molecule has 13 heteroatoms. The first-order valence-electron chi connectivity index (χ1n) is 27.3. The van der Waals surface area contributed by atoms with Crippen LogP contribution in [-0.4, -0.2) is 90.7 Å². The lowest BCUT2D eigenvalue weighted by Gasteiger charge is -2.30. The molecule has 2 aromatic carbocycles. The van der Waals surface area contributed by atoms with Gasteiger partial charge in [-0.2, -0.15) is 0 Å². The topological polar surface area (TPSA) is 145 Å². The standard InChI is InChI=1S/C19H31NO2.C14H20O2S.C8H16O2.C8H16O.C7H14O3.C6H14O/c1-12(2)20-17(21)11-19(7,8)18-15(6)9-14(5)10-16(18)22-13(3)4;1-10(2)16-14(15)9-12-5-7-13(8-6-12)17-11(3)4;1-6(2)5-8(9)10-7(3)4;1-7(2)5-6-9-8(3)4;1-5(2)9-7(8)10-6(3)4;1-5(2)7-6(3)4/h9-10,12-13H,11H2,1-8H3,(H,20,21);5-8,10-11H,9H2,1-4H3;6-7H,5H2,1-4H3;5,8H,6H2,1-4H3;5-6H,1-4H3;5-6H,1-4H3. The van der Waals surface area contributed by atoms with E-state index in [1.54, 1.807) is 27.7 Å². The predicted octanol–water partition coefficient (Wildman–Crippen LogP) is 16.1. The highest BCUT2D eigenvalue weighted by molar-refractivity contribution is 7.99. The lowest BCUT2D eigenvalue weighted by Crippen LogP contribution is -2.35. The Bertz CT molecular complexity index is 1780. The number of rotatable bonds is 21. The maximum Gasteiger partial charge on any atom is 0.508 e. The van der Waals surface area contributed by atoms with Crippen LogP contribution in [0.5, 0.6) is 5.75 Å². The second-order valence-corrected chi connectivity index (χ2v) is 24.2. The van der Waals surface area contributed by atoms with Gasteiger partial charge in [-0.15, -0.1) is 11.8 Å². The van der Waals surface area contributed by atoms with Crippen molar-refractivity contribution < 1.29 is 52.3 Å². The Balaban J connectivity index is -0.000000424. The third-order valence-corrected chi connectivity index (χ3v) is 9.63. The highest BCUT2D eigenvalue weighted by atomic mass is 32.2. The van der Waals surface area contributed by atoms with E-state index in [1.807, 2.05) is 135 Å². The van der Waals surface area contributed by atoms with Gasteiger partial charge in [0.2, 0.25) is 5.91 Å². The molecule has 0 radical (unpaired) electrons. The maximum atomic E-state index is 12.2. The number of benzene rings is 2. The van der Waals surface area contributed by atoms with Crippen LogP contribution in [0.4, 0.5) is 4.79 Å². The fourth-order valence-corrected chi connectivity index (χ4v) is 7.28. The number of allylic oxidation sites excluding steroid dienone is 1. The molecular weight excluding hydrogens is 967 g/mol. The lowest BCUT2D eigenvalue weighted by molar-refractivity contribution is -0.148. The van der Waals surface area contributed by atoms with E-state index in [-0.39, 0.29) is 59.8 Å². The number of hydrogen-bond donors (Lipinski definition) is 1. The normalized spacial score (nSPS) is 11.0. The zero-order valence-corrected chi connectivity index (χ0v) is 53.4. The molecule has 0 unspecified atom stereocenters. The van der Waals surface area contributed by atoms with Crippen LogP contribution in [0, 0.1) is 19.8 Å². The largest absolute Gasteiger partial charge is 0.508 e. The van der Waals surface area contributed by atoms with Crippen molar-refractivity contribution in [2.75, 3.05) is 6.61 Å². The zero-order valence-electron chi connectivity index (χ0n) is 52.6. The quantitative estimate of drug-likeness (QED) is 0.0550. The summed E-state index contributed by atoms with van der Waals surface area (Å²) in [7, 11) is 0. The van der Waals surface area contributed by atoms with Crippen LogP contribution in [0.25, 0.3) is 0 Å². The molecule has 0 spiro atoms. The van der Waals surface area contributed by atoms with Crippen LogP contribution in [-0.2, 0) is 54.6 Å². The minimum atomic E-state index is -0.593. The van der Waals surface area contributed by atoms with E-state index < -0.39 is 6.16 Å². The van der Waals surface area contributed by atoms with E-state index >= 15 is 0 Å². The Kier molecular flexibility index (Phi) is 44.4. The van der Waals surface area contributed by atoms with Gasteiger partial charge >= 0.3 is 18.1 Å². The highest BCUT2D eigenvalue weighted by Crippen LogP contribution is 2.38. The molecule has 0 fully saturated rings. The first kappa shape index (κ1) is 77.4. The summed E-state index contributed by atoms with van der Waals surface area (Å²) in [5.74, 6) is 1.12. The van der Waals surface area contributed by atoms with E-state index in [2.05, 4.69) is 91.0 Å². The van der Waals surface area contributed by atoms with Gasteiger partial charge in [-0.3, -0.25) is 14.4 Å². The number of aryl methyl sites for hydroxylation is 2. The molecule has 0 aliphatic carbocycles. The predicted molar refractivity (Wildman–Crippen MR) is 315 cm³/mol. The van der Waals surface area contributed by atoms with Gasteiger partial charge in [-0.05, 0) is 193 Å². The molecule has 0 saturated carbocycles. The molecular formula is C62H111NO11S. The molecule has 0 heterocycles. The Morgan fingerprint density at radius 3 is 1.43 bits per heavy atom. The van der Waals surface area contributed by atoms with Crippen LogP contribution >= 0.6 is 11.8 Å². The zero-order chi connectivity index (χ0) is 59.3.